The van der Waals surface area contributed by atoms with E-state index >= 15 is 0 Å². The van der Waals surface area contributed by atoms with Crippen LogP contribution in [0.4, 0.5) is 4.39 Å². The molecule has 1 amide bonds. The summed E-state index contributed by atoms with van der Waals surface area (Å²) in [5.41, 5.74) is 0.453. The topological polar surface area (TPSA) is 66.4 Å². The number of hydrogen-bond acceptors (Lipinski definition) is 2. The zero-order valence-corrected chi connectivity index (χ0v) is 9.57. The monoisotopic (exact) mass is 249 g/mol. The quantitative estimate of drug-likeness (QED) is 0.779. The van der Waals surface area contributed by atoms with Gasteiger partial charge in [-0.2, -0.15) is 0 Å². The van der Waals surface area contributed by atoms with Crippen molar-refractivity contribution in [3.63, 3.8) is 0 Å². The molecule has 0 radical (unpaired) electrons. The second-order valence-electron chi connectivity index (χ2n) is 4.94. The van der Waals surface area contributed by atoms with Crippen molar-refractivity contribution < 1.29 is 19.1 Å². The molecule has 1 aliphatic heterocycles. The minimum absolute atomic E-state index is 0.125. The van der Waals surface area contributed by atoms with E-state index in [-0.39, 0.29) is 18.1 Å². The summed E-state index contributed by atoms with van der Waals surface area (Å²) in [4.78, 5) is 22.8. The number of fused-ring (bicyclic) bond motifs is 2. The summed E-state index contributed by atoms with van der Waals surface area (Å²) in [6, 6.07) is 3.73. The summed E-state index contributed by atoms with van der Waals surface area (Å²) < 4.78 is 13.7. The van der Waals surface area contributed by atoms with Crippen LogP contribution in [0, 0.1) is 5.82 Å². The summed E-state index contributed by atoms with van der Waals surface area (Å²) in [6.07, 6.45) is 1.11. The minimum atomic E-state index is -1.06. The van der Waals surface area contributed by atoms with Gasteiger partial charge in [0.2, 0.25) is 5.91 Å². The maximum atomic E-state index is 13.7. The van der Waals surface area contributed by atoms with E-state index in [0.717, 1.165) is 0 Å². The van der Waals surface area contributed by atoms with Crippen LogP contribution in [0.1, 0.15) is 24.0 Å². The summed E-state index contributed by atoms with van der Waals surface area (Å²) in [5, 5.41) is 11.7. The molecule has 0 bridgehead atoms. The van der Waals surface area contributed by atoms with Gasteiger partial charge in [-0.05, 0) is 30.0 Å². The first-order valence-corrected chi connectivity index (χ1v) is 5.85. The number of carbonyl (C=O) groups excluding carboxylic acids is 1. The van der Waals surface area contributed by atoms with Crippen molar-refractivity contribution in [2.45, 2.75) is 30.7 Å². The molecule has 1 aromatic rings. The standard InChI is InChI=1S/C13H12FNO3/c14-9-3-1-2-8-7(9)4-5-13(8)6-10(16)15-11(13)12(17)18/h1-3,11H,4-6H2,(H,15,16)(H,17,18). The molecular formula is C13H12FNO3. The lowest BCUT2D eigenvalue weighted by Gasteiger charge is -2.27. The average molecular weight is 249 g/mol. The smallest absolute Gasteiger partial charge is 0.327 e. The number of carbonyl (C=O) groups is 2. The molecule has 1 heterocycles. The Morgan fingerprint density at radius 1 is 1.50 bits per heavy atom. The molecule has 3 rings (SSSR count). The Balaban J connectivity index is 2.16. The summed E-state index contributed by atoms with van der Waals surface area (Å²) in [6.45, 7) is 0. The van der Waals surface area contributed by atoms with Crippen molar-refractivity contribution in [1.29, 1.82) is 0 Å². The van der Waals surface area contributed by atoms with E-state index in [1.165, 1.54) is 6.07 Å². The molecular weight excluding hydrogens is 237 g/mol. The van der Waals surface area contributed by atoms with Crippen LogP contribution in [0.15, 0.2) is 18.2 Å². The van der Waals surface area contributed by atoms with Crippen LogP contribution < -0.4 is 5.32 Å². The lowest BCUT2D eigenvalue weighted by Crippen LogP contribution is -2.45. The first-order valence-electron chi connectivity index (χ1n) is 5.85. The Bertz CT molecular complexity index is 557. The number of halogens is 1. The molecule has 1 fully saturated rings. The molecule has 2 unspecified atom stereocenters. The van der Waals surface area contributed by atoms with Crippen molar-refractivity contribution in [2.75, 3.05) is 0 Å². The third-order valence-electron chi connectivity index (χ3n) is 4.06. The van der Waals surface area contributed by atoms with Gasteiger partial charge in [0.15, 0.2) is 0 Å². The molecule has 18 heavy (non-hydrogen) atoms. The Morgan fingerprint density at radius 3 is 3.00 bits per heavy atom. The predicted octanol–water partition coefficient (Wildman–Crippen LogP) is 0.983. The first-order chi connectivity index (χ1) is 8.54. The van der Waals surface area contributed by atoms with Gasteiger partial charge in [-0.1, -0.05) is 12.1 Å². The van der Waals surface area contributed by atoms with Gasteiger partial charge in [-0.3, -0.25) is 4.79 Å². The Morgan fingerprint density at radius 2 is 2.28 bits per heavy atom. The van der Waals surface area contributed by atoms with Crippen LogP contribution in [-0.4, -0.2) is 23.0 Å². The fourth-order valence-electron chi connectivity index (χ4n) is 3.28. The van der Waals surface area contributed by atoms with Crippen LogP contribution in [-0.2, 0) is 21.4 Å². The second kappa shape index (κ2) is 3.54. The molecule has 2 atom stereocenters. The maximum Gasteiger partial charge on any atom is 0.327 e. The van der Waals surface area contributed by atoms with E-state index in [1.807, 2.05) is 0 Å². The summed E-state index contributed by atoms with van der Waals surface area (Å²) >= 11 is 0. The Hall–Kier alpha value is -1.91. The highest BCUT2D eigenvalue weighted by atomic mass is 19.1. The van der Waals surface area contributed by atoms with Crippen molar-refractivity contribution >= 4 is 11.9 Å². The molecule has 0 saturated carbocycles. The zero-order valence-electron chi connectivity index (χ0n) is 9.57. The highest BCUT2D eigenvalue weighted by molar-refractivity contribution is 5.91. The van der Waals surface area contributed by atoms with Crippen molar-refractivity contribution in [3.05, 3.63) is 35.1 Å². The number of nitrogens with one attached hydrogen (secondary N) is 1. The van der Waals surface area contributed by atoms with Crippen molar-refractivity contribution in [2.24, 2.45) is 0 Å². The molecule has 94 valence electrons. The van der Waals surface area contributed by atoms with Crippen LogP contribution in [0.3, 0.4) is 0 Å². The van der Waals surface area contributed by atoms with Gasteiger partial charge in [-0.25, -0.2) is 9.18 Å². The largest absolute Gasteiger partial charge is 0.480 e. The van der Waals surface area contributed by atoms with E-state index in [9.17, 15) is 19.1 Å². The number of hydrogen-bond donors (Lipinski definition) is 2. The van der Waals surface area contributed by atoms with Gasteiger partial charge < -0.3 is 10.4 Å². The Labute approximate surface area is 103 Å². The summed E-state index contributed by atoms with van der Waals surface area (Å²) in [5.74, 6) is -1.65. The van der Waals surface area contributed by atoms with Gasteiger partial charge in [0.25, 0.3) is 0 Å². The van der Waals surface area contributed by atoms with Gasteiger partial charge in [0.05, 0.1) is 0 Å². The van der Waals surface area contributed by atoms with E-state index in [1.54, 1.807) is 12.1 Å². The fraction of sp³-hybridized carbons (Fsp3) is 0.385. The van der Waals surface area contributed by atoms with Crippen LogP contribution in [0.25, 0.3) is 0 Å². The van der Waals surface area contributed by atoms with Crippen LogP contribution >= 0.6 is 0 Å². The molecule has 5 heteroatoms. The van der Waals surface area contributed by atoms with E-state index in [0.29, 0.717) is 24.0 Å². The molecule has 0 aromatic heterocycles. The number of aliphatic carboxylic acids is 1. The zero-order chi connectivity index (χ0) is 12.9. The van der Waals surface area contributed by atoms with E-state index in [2.05, 4.69) is 5.32 Å². The maximum absolute atomic E-state index is 13.7. The van der Waals surface area contributed by atoms with Gasteiger partial charge in [0.1, 0.15) is 11.9 Å². The Kier molecular flexibility index (Phi) is 2.20. The van der Waals surface area contributed by atoms with Gasteiger partial charge in [-0.15, -0.1) is 0 Å². The molecule has 1 saturated heterocycles. The van der Waals surface area contributed by atoms with Crippen molar-refractivity contribution in [3.8, 4) is 0 Å². The second-order valence-corrected chi connectivity index (χ2v) is 4.94. The lowest BCUT2D eigenvalue weighted by atomic mass is 9.75. The molecule has 1 aliphatic carbocycles. The van der Waals surface area contributed by atoms with Gasteiger partial charge in [0, 0.05) is 11.8 Å². The van der Waals surface area contributed by atoms with E-state index < -0.39 is 17.4 Å². The number of carboxylic acids is 1. The first kappa shape index (κ1) is 11.2. The average Bonchev–Trinajstić information content (AvgIpc) is 2.83. The number of rotatable bonds is 1. The fourth-order valence-corrected chi connectivity index (χ4v) is 3.28. The van der Waals surface area contributed by atoms with Crippen LogP contribution in [0.2, 0.25) is 0 Å². The molecule has 2 aliphatic rings. The predicted molar refractivity (Wildman–Crippen MR) is 60.6 cm³/mol. The molecule has 1 aromatic carbocycles. The number of carboxylic acid groups (broad SMARTS) is 1. The normalized spacial score (nSPS) is 29.4. The summed E-state index contributed by atoms with van der Waals surface area (Å²) in [7, 11) is 0. The van der Waals surface area contributed by atoms with Gasteiger partial charge >= 0.3 is 5.97 Å². The highest BCUT2D eigenvalue weighted by Crippen LogP contribution is 2.47. The minimum Gasteiger partial charge on any atom is -0.480 e. The number of amides is 1. The SMILES string of the molecule is O=C1CC2(CCc3c(F)cccc32)C(C(=O)O)N1. The highest BCUT2D eigenvalue weighted by Gasteiger charge is 2.55. The number of benzene rings is 1. The third kappa shape index (κ3) is 1.30. The molecule has 4 nitrogen and oxygen atoms in total. The lowest BCUT2D eigenvalue weighted by molar-refractivity contribution is -0.141. The third-order valence-corrected chi connectivity index (χ3v) is 4.06. The van der Waals surface area contributed by atoms with Crippen LogP contribution in [0.5, 0.6) is 0 Å². The van der Waals surface area contributed by atoms with E-state index in [4.69, 9.17) is 0 Å². The van der Waals surface area contributed by atoms with Crippen molar-refractivity contribution in [1.82, 2.24) is 5.32 Å². The molecule has 2 N–H and O–H groups in total. The molecule has 1 spiro atoms.